The van der Waals surface area contributed by atoms with Crippen molar-refractivity contribution in [3.8, 4) is 0 Å². The van der Waals surface area contributed by atoms with E-state index in [1.165, 1.54) is 12.8 Å². The van der Waals surface area contributed by atoms with Crippen molar-refractivity contribution in [3.05, 3.63) is 0 Å². The van der Waals surface area contributed by atoms with E-state index in [1.54, 1.807) is 0 Å². The molecule has 3 nitrogen and oxygen atoms in total. The second kappa shape index (κ2) is 4.60. The minimum absolute atomic E-state index is 0.0380. The maximum absolute atomic E-state index is 12.6. The van der Waals surface area contributed by atoms with Gasteiger partial charge in [0.2, 0.25) is 5.91 Å². The van der Waals surface area contributed by atoms with Crippen molar-refractivity contribution >= 4 is 5.91 Å². The lowest BCUT2D eigenvalue weighted by Crippen LogP contribution is -2.49. The first kappa shape index (κ1) is 12.9. The van der Waals surface area contributed by atoms with Crippen LogP contribution in [0.3, 0.4) is 0 Å². The Bertz CT molecular complexity index is 289. The molecule has 2 aliphatic rings. The normalized spacial score (nSPS) is 24.9. The average molecular weight is 238 g/mol. The SMILES string of the molecule is CC(C)CC1(C(=O)NC2(CN)CC2)CCCC1. The van der Waals surface area contributed by atoms with Crippen LogP contribution in [0.15, 0.2) is 0 Å². The van der Waals surface area contributed by atoms with Crippen LogP contribution in [0.2, 0.25) is 0 Å². The molecule has 17 heavy (non-hydrogen) atoms. The number of hydrogen-bond acceptors (Lipinski definition) is 2. The maximum Gasteiger partial charge on any atom is 0.226 e. The highest BCUT2D eigenvalue weighted by Crippen LogP contribution is 2.45. The summed E-state index contributed by atoms with van der Waals surface area (Å²) in [5.74, 6) is 0.874. The molecule has 3 N–H and O–H groups in total. The van der Waals surface area contributed by atoms with Gasteiger partial charge in [-0.1, -0.05) is 26.7 Å². The summed E-state index contributed by atoms with van der Waals surface area (Å²) in [7, 11) is 0. The molecule has 0 bridgehead atoms. The average Bonchev–Trinajstić information content (AvgIpc) is 2.88. The van der Waals surface area contributed by atoms with Gasteiger partial charge in [0.25, 0.3) is 0 Å². The van der Waals surface area contributed by atoms with Gasteiger partial charge < -0.3 is 11.1 Å². The Labute approximate surface area is 105 Å². The molecule has 0 radical (unpaired) electrons. The molecule has 3 heteroatoms. The van der Waals surface area contributed by atoms with Crippen molar-refractivity contribution in [1.82, 2.24) is 5.32 Å². The fraction of sp³-hybridized carbons (Fsp3) is 0.929. The summed E-state index contributed by atoms with van der Waals surface area (Å²) in [5.41, 5.74) is 5.62. The molecule has 0 aromatic rings. The molecule has 0 unspecified atom stereocenters. The van der Waals surface area contributed by atoms with Gasteiger partial charge in [-0.2, -0.15) is 0 Å². The van der Waals surface area contributed by atoms with Crippen molar-refractivity contribution in [2.45, 2.75) is 64.3 Å². The lowest BCUT2D eigenvalue weighted by atomic mass is 9.77. The van der Waals surface area contributed by atoms with Crippen LogP contribution in [0.5, 0.6) is 0 Å². The standard InChI is InChI=1S/C14H26N2O/c1-11(2)9-13(5-3-4-6-13)12(17)16-14(10-15)7-8-14/h11H,3-10,15H2,1-2H3,(H,16,17). The third-order valence-corrected chi connectivity index (χ3v) is 4.46. The number of nitrogens with one attached hydrogen (secondary N) is 1. The molecule has 1 amide bonds. The van der Waals surface area contributed by atoms with Crippen LogP contribution in [0.25, 0.3) is 0 Å². The van der Waals surface area contributed by atoms with Gasteiger partial charge in [-0.25, -0.2) is 0 Å². The molecule has 2 fully saturated rings. The van der Waals surface area contributed by atoms with Gasteiger partial charge in [-0.05, 0) is 38.0 Å². The Morgan fingerprint density at radius 1 is 1.24 bits per heavy atom. The Morgan fingerprint density at radius 3 is 2.24 bits per heavy atom. The van der Waals surface area contributed by atoms with Gasteiger partial charge >= 0.3 is 0 Å². The second-order valence-corrected chi connectivity index (χ2v) is 6.52. The van der Waals surface area contributed by atoms with E-state index in [0.717, 1.165) is 32.1 Å². The first-order valence-electron chi connectivity index (χ1n) is 7.05. The largest absolute Gasteiger partial charge is 0.349 e. The van der Waals surface area contributed by atoms with E-state index in [0.29, 0.717) is 12.5 Å². The lowest BCUT2D eigenvalue weighted by molar-refractivity contribution is -0.132. The Morgan fingerprint density at radius 2 is 1.82 bits per heavy atom. The van der Waals surface area contributed by atoms with Gasteiger partial charge in [-0.15, -0.1) is 0 Å². The summed E-state index contributed by atoms with van der Waals surface area (Å²) in [6, 6.07) is 0. The molecule has 0 aromatic carbocycles. The monoisotopic (exact) mass is 238 g/mol. The summed E-state index contributed by atoms with van der Waals surface area (Å²) >= 11 is 0. The van der Waals surface area contributed by atoms with Gasteiger partial charge in [0.15, 0.2) is 0 Å². The van der Waals surface area contributed by atoms with Crippen LogP contribution in [0.1, 0.15) is 58.8 Å². The molecular formula is C14H26N2O. The van der Waals surface area contributed by atoms with E-state index in [9.17, 15) is 4.79 Å². The molecule has 0 spiro atoms. The topological polar surface area (TPSA) is 55.1 Å². The second-order valence-electron chi connectivity index (χ2n) is 6.52. The molecule has 2 rings (SSSR count). The third-order valence-electron chi connectivity index (χ3n) is 4.46. The van der Waals surface area contributed by atoms with Crippen LogP contribution in [-0.2, 0) is 4.79 Å². The molecular weight excluding hydrogens is 212 g/mol. The van der Waals surface area contributed by atoms with Crippen molar-refractivity contribution in [2.75, 3.05) is 6.54 Å². The molecule has 2 saturated carbocycles. The zero-order valence-corrected chi connectivity index (χ0v) is 11.2. The minimum Gasteiger partial charge on any atom is -0.349 e. The number of nitrogens with two attached hydrogens (primary N) is 1. The fourth-order valence-corrected chi connectivity index (χ4v) is 3.26. The summed E-state index contributed by atoms with van der Waals surface area (Å²) in [4.78, 5) is 12.6. The highest BCUT2D eigenvalue weighted by atomic mass is 16.2. The zero-order chi connectivity index (χ0) is 12.5. The summed E-state index contributed by atoms with van der Waals surface area (Å²) < 4.78 is 0. The van der Waals surface area contributed by atoms with Crippen LogP contribution < -0.4 is 11.1 Å². The van der Waals surface area contributed by atoms with Gasteiger partial charge in [0.1, 0.15) is 0 Å². The van der Waals surface area contributed by atoms with Gasteiger partial charge in [-0.3, -0.25) is 4.79 Å². The highest BCUT2D eigenvalue weighted by molar-refractivity contribution is 5.84. The summed E-state index contributed by atoms with van der Waals surface area (Å²) in [6.07, 6.45) is 7.69. The third kappa shape index (κ3) is 2.65. The molecule has 98 valence electrons. The van der Waals surface area contributed by atoms with E-state index < -0.39 is 0 Å². The minimum atomic E-state index is -0.0844. The van der Waals surface area contributed by atoms with E-state index in [-0.39, 0.29) is 16.9 Å². The zero-order valence-electron chi connectivity index (χ0n) is 11.2. The molecule has 0 heterocycles. The number of amides is 1. The first-order valence-corrected chi connectivity index (χ1v) is 7.05. The van der Waals surface area contributed by atoms with Crippen LogP contribution in [0.4, 0.5) is 0 Å². The molecule has 0 aliphatic heterocycles. The molecule has 0 aromatic heterocycles. The van der Waals surface area contributed by atoms with E-state index in [1.807, 2.05) is 0 Å². The van der Waals surface area contributed by atoms with Crippen LogP contribution in [-0.4, -0.2) is 18.0 Å². The highest BCUT2D eigenvalue weighted by Gasteiger charge is 2.48. The van der Waals surface area contributed by atoms with Crippen molar-refractivity contribution in [1.29, 1.82) is 0 Å². The van der Waals surface area contributed by atoms with Gasteiger partial charge in [0, 0.05) is 12.0 Å². The molecule has 2 aliphatic carbocycles. The Balaban J connectivity index is 2.03. The Hall–Kier alpha value is -0.570. The fourth-order valence-electron chi connectivity index (χ4n) is 3.26. The predicted octanol–water partition coefficient (Wildman–Crippen LogP) is 2.20. The van der Waals surface area contributed by atoms with Crippen molar-refractivity contribution < 1.29 is 4.79 Å². The molecule has 0 saturated heterocycles. The van der Waals surface area contributed by atoms with Gasteiger partial charge in [0.05, 0.1) is 5.54 Å². The molecule has 0 atom stereocenters. The predicted molar refractivity (Wildman–Crippen MR) is 69.5 cm³/mol. The lowest BCUT2D eigenvalue weighted by Gasteiger charge is -2.31. The van der Waals surface area contributed by atoms with Crippen molar-refractivity contribution in [2.24, 2.45) is 17.1 Å². The summed E-state index contributed by atoms with van der Waals surface area (Å²) in [6.45, 7) is 5.02. The van der Waals surface area contributed by atoms with E-state index in [2.05, 4.69) is 19.2 Å². The number of hydrogen-bond donors (Lipinski definition) is 2. The van der Waals surface area contributed by atoms with E-state index >= 15 is 0 Å². The number of carbonyl (C=O) groups is 1. The van der Waals surface area contributed by atoms with Crippen LogP contribution in [0, 0.1) is 11.3 Å². The first-order chi connectivity index (χ1) is 8.02. The maximum atomic E-state index is 12.6. The smallest absolute Gasteiger partial charge is 0.226 e. The van der Waals surface area contributed by atoms with Crippen LogP contribution >= 0.6 is 0 Å². The number of rotatable bonds is 5. The summed E-state index contributed by atoms with van der Waals surface area (Å²) in [5, 5.41) is 3.24. The quantitative estimate of drug-likeness (QED) is 0.771. The van der Waals surface area contributed by atoms with E-state index in [4.69, 9.17) is 5.73 Å². The van der Waals surface area contributed by atoms with Crippen molar-refractivity contribution in [3.63, 3.8) is 0 Å². The number of carbonyl (C=O) groups excluding carboxylic acids is 1. The Kier molecular flexibility index (Phi) is 3.48.